The van der Waals surface area contributed by atoms with Crippen LogP contribution in [0.15, 0.2) is 0 Å². The Morgan fingerprint density at radius 2 is 1.31 bits per heavy atom. The highest BCUT2D eigenvalue weighted by molar-refractivity contribution is 14.1. The third-order valence-corrected chi connectivity index (χ3v) is 13.5. The lowest BCUT2D eigenvalue weighted by Gasteiger charge is -2.27. The lowest BCUT2D eigenvalue weighted by molar-refractivity contribution is 0.625. The van der Waals surface area contributed by atoms with E-state index in [1.54, 1.807) is 0 Å². The van der Waals surface area contributed by atoms with Gasteiger partial charge in [-0.25, -0.2) is 0 Å². The minimum absolute atomic E-state index is 0.763. The second kappa shape index (κ2) is 8.70. The van der Waals surface area contributed by atoms with Crippen molar-refractivity contribution in [3.05, 3.63) is 0 Å². The van der Waals surface area contributed by atoms with E-state index in [4.69, 9.17) is 0 Å². The van der Waals surface area contributed by atoms with E-state index in [0.717, 1.165) is 21.6 Å². The van der Waals surface area contributed by atoms with Crippen LogP contribution in [0.5, 0.6) is 0 Å². The lowest BCUT2D eigenvalue weighted by atomic mass is 10.1. The van der Waals surface area contributed by atoms with Gasteiger partial charge in [-0.15, -0.1) is 0 Å². The molecule has 5 heteroatoms. The smallest absolute Gasteiger partial charge is 0.0358 e. The van der Waals surface area contributed by atoms with Crippen LogP contribution in [0, 0.1) is 5.92 Å². The molecule has 0 bridgehead atoms. The number of halogens is 5. The van der Waals surface area contributed by atoms with E-state index in [1.807, 2.05) is 0 Å². The maximum atomic E-state index is 2.62. The Kier molecular flexibility index (Phi) is 11.1. The average molecular weight is 744 g/mol. The van der Waals surface area contributed by atoms with E-state index >= 15 is 0 Å². The van der Waals surface area contributed by atoms with Gasteiger partial charge in [0.25, 0.3) is 0 Å². The molecule has 0 aliphatic carbocycles. The first kappa shape index (κ1) is 16.6. The molecule has 0 amide bonds. The van der Waals surface area contributed by atoms with Gasteiger partial charge in [-0.3, -0.25) is 0 Å². The van der Waals surface area contributed by atoms with E-state index in [0.29, 0.717) is 0 Å². The fourth-order valence-corrected chi connectivity index (χ4v) is 6.87. The molecule has 0 spiro atoms. The second-order valence-corrected chi connectivity index (χ2v) is 10.3. The molecule has 0 saturated carbocycles. The van der Waals surface area contributed by atoms with Crippen LogP contribution in [-0.4, -0.2) is 20.1 Å². The van der Waals surface area contributed by atoms with Crippen molar-refractivity contribution in [3.8, 4) is 0 Å². The quantitative estimate of drug-likeness (QED) is 0.266. The summed E-state index contributed by atoms with van der Waals surface area (Å²) in [6.07, 6.45) is 0. The van der Waals surface area contributed by atoms with E-state index in [2.05, 4.69) is 127 Å². The average Bonchev–Trinajstić information content (AvgIpc) is 2.12. The topological polar surface area (TPSA) is 0 Å². The zero-order chi connectivity index (χ0) is 10.6. The summed E-state index contributed by atoms with van der Waals surface area (Å²) in [4.78, 5) is 0. The summed E-state index contributed by atoms with van der Waals surface area (Å²) in [6, 6.07) is 0. The molecule has 0 nitrogen and oxygen atoms in total. The third-order valence-electron chi connectivity index (χ3n) is 1.83. The van der Waals surface area contributed by atoms with E-state index in [1.165, 1.54) is 4.43 Å². The summed E-state index contributed by atoms with van der Waals surface area (Å²) in [6.45, 7) is 4.66. The van der Waals surface area contributed by atoms with Crippen LogP contribution in [0.1, 0.15) is 13.8 Å². The monoisotopic (exact) mass is 744 g/mol. The molecule has 5 atom stereocenters. The number of alkyl halides is 5. The standard InChI is InChI=1S/C8H13I5/c1-4(3-9)6(11)8(13)7(12)5(2)10/h4-8H,3H2,1-2H3. The number of hydrogen-bond donors (Lipinski definition) is 0. The Hall–Kier alpha value is 3.65. The molecule has 0 aliphatic rings. The molecule has 80 valence electrons. The SMILES string of the molecule is CC(I)C(I)C(I)C(I)C(C)CI. The van der Waals surface area contributed by atoms with Crippen LogP contribution in [0.4, 0.5) is 0 Å². The van der Waals surface area contributed by atoms with Crippen LogP contribution in [0.3, 0.4) is 0 Å². The van der Waals surface area contributed by atoms with Crippen LogP contribution in [0.25, 0.3) is 0 Å². The molecule has 0 aliphatic heterocycles. The van der Waals surface area contributed by atoms with Crippen LogP contribution in [-0.2, 0) is 0 Å². The van der Waals surface area contributed by atoms with Gasteiger partial charge in [-0.2, -0.15) is 0 Å². The molecular weight excluding hydrogens is 731 g/mol. The Labute approximate surface area is 150 Å². The zero-order valence-electron chi connectivity index (χ0n) is 7.48. The molecule has 0 saturated heterocycles. The Balaban J connectivity index is 4.15. The highest BCUT2D eigenvalue weighted by Gasteiger charge is 2.29. The molecule has 0 aromatic heterocycles. The maximum absolute atomic E-state index is 2.62. The highest BCUT2D eigenvalue weighted by atomic mass is 127. The Morgan fingerprint density at radius 1 is 0.846 bits per heavy atom. The Bertz CT molecular complexity index is 138. The number of rotatable bonds is 5. The molecule has 0 aromatic carbocycles. The maximum Gasteiger partial charge on any atom is 0.0358 e. The summed E-state index contributed by atoms with van der Waals surface area (Å²) in [5.74, 6) is 0.829. The fourth-order valence-electron chi connectivity index (χ4n) is 0.828. The van der Waals surface area contributed by atoms with Gasteiger partial charge in [0.1, 0.15) is 0 Å². The van der Waals surface area contributed by atoms with Crippen molar-refractivity contribution >= 4 is 113 Å². The summed E-state index contributed by atoms with van der Waals surface area (Å²) >= 11 is 12.9. The van der Waals surface area contributed by atoms with Gasteiger partial charge in [0.15, 0.2) is 0 Å². The van der Waals surface area contributed by atoms with Gasteiger partial charge >= 0.3 is 0 Å². The molecule has 0 rings (SSSR count). The molecular formula is C8H13I5. The Morgan fingerprint density at radius 3 is 1.62 bits per heavy atom. The normalized spacial score (nSPS) is 23.3. The van der Waals surface area contributed by atoms with E-state index in [9.17, 15) is 0 Å². The fraction of sp³-hybridized carbons (Fsp3) is 1.00. The van der Waals surface area contributed by atoms with Crippen molar-refractivity contribution in [2.75, 3.05) is 4.43 Å². The molecule has 0 N–H and O–H groups in total. The second-order valence-electron chi connectivity index (χ2n) is 3.14. The molecule has 13 heavy (non-hydrogen) atoms. The van der Waals surface area contributed by atoms with Gasteiger partial charge in [-0.1, -0.05) is 127 Å². The third kappa shape index (κ3) is 6.22. The first-order chi connectivity index (χ1) is 5.91. The van der Waals surface area contributed by atoms with E-state index < -0.39 is 0 Å². The van der Waals surface area contributed by atoms with Gasteiger partial charge < -0.3 is 0 Å². The zero-order valence-corrected chi connectivity index (χ0v) is 18.3. The molecule has 5 unspecified atom stereocenters. The largest absolute Gasteiger partial charge is 0.0860 e. The van der Waals surface area contributed by atoms with E-state index in [-0.39, 0.29) is 0 Å². The van der Waals surface area contributed by atoms with Crippen LogP contribution >= 0.6 is 113 Å². The van der Waals surface area contributed by atoms with Crippen molar-refractivity contribution in [1.82, 2.24) is 0 Å². The van der Waals surface area contributed by atoms with Crippen molar-refractivity contribution in [1.29, 1.82) is 0 Å². The first-order valence-electron chi connectivity index (χ1n) is 4.04. The van der Waals surface area contributed by atoms with Crippen molar-refractivity contribution in [2.45, 2.75) is 29.5 Å². The summed E-state index contributed by atoms with van der Waals surface area (Å²) in [5, 5.41) is 0. The molecule has 0 aromatic rings. The van der Waals surface area contributed by atoms with Crippen molar-refractivity contribution in [2.24, 2.45) is 5.92 Å². The molecule has 0 radical (unpaired) electrons. The first-order valence-corrected chi connectivity index (χ1v) is 10.5. The highest BCUT2D eigenvalue weighted by Crippen LogP contribution is 2.33. The van der Waals surface area contributed by atoms with Crippen LogP contribution < -0.4 is 0 Å². The lowest BCUT2D eigenvalue weighted by Crippen LogP contribution is -2.33. The minimum atomic E-state index is 0.763. The van der Waals surface area contributed by atoms with Gasteiger partial charge in [-0.05, 0) is 5.92 Å². The van der Waals surface area contributed by atoms with Gasteiger partial charge in [0.2, 0.25) is 0 Å². The van der Waals surface area contributed by atoms with Gasteiger partial charge in [0.05, 0.1) is 0 Å². The molecule has 0 fully saturated rings. The molecule has 0 heterocycles. The van der Waals surface area contributed by atoms with Crippen molar-refractivity contribution in [3.63, 3.8) is 0 Å². The minimum Gasteiger partial charge on any atom is -0.0860 e. The van der Waals surface area contributed by atoms with Gasteiger partial charge in [0, 0.05) is 20.1 Å². The predicted molar refractivity (Wildman–Crippen MR) is 105 cm³/mol. The number of hydrogen-bond acceptors (Lipinski definition) is 0. The predicted octanol–water partition coefficient (Wildman–Crippen LogP) is 5.29. The van der Waals surface area contributed by atoms with Crippen LogP contribution in [0.2, 0.25) is 0 Å². The van der Waals surface area contributed by atoms with Crippen molar-refractivity contribution < 1.29 is 0 Å². The summed E-state index contributed by atoms with van der Waals surface area (Å²) < 4.78 is 4.40. The summed E-state index contributed by atoms with van der Waals surface area (Å²) in [5.41, 5.74) is 0. The summed E-state index contributed by atoms with van der Waals surface area (Å²) in [7, 11) is 0.